The van der Waals surface area contributed by atoms with E-state index in [0.717, 1.165) is 19.4 Å². The van der Waals surface area contributed by atoms with Crippen LogP contribution in [0.15, 0.2) is 12.3 Å². The molecule has 1 aromatic rings. The van der Waals surface area contributed by atoms with Crippen LogP contribution in [0.5, 0.6) is 5.88 Å². The molecule has 0 aliphatic heterocycles. The van der Waals surface area contributed by atoms with Gasteiger partial charge < -0.3 is 9.47 Å². The number of Topliss-reactive ketones (excluding diaryl/α,β-unsaturated/α-hetero) is 1. The van der Waals surface area contributed by atoms with E-state index in [-0.39, 0.29) is 5.88 Å². The van der Waals surface area contributed by atoms with Crippen LogP contribution in [0, 0.1) is 5.82 Å². The highest BCUT2D eigenvalue weighted by Crippen LogP contribution is 2.17. The highest BCUT2D eigenvalue weighted by atomic mass is 19.1. The average Bonchev–Trinajstić information content (AvgIpc) is 2.27. The van der Waals surface area contributed by atoms with E-state index in [0.29, 0.717) is 0 Å². The Labute approximate surface area is 84.8 Å². The third-order valence-corrected chi connectivity index (χ3v) is 1.67. The Kier molecular flexibility index (Phi) is 3.33. The molecule has 1 aromatic heterocycles. The molecule has 0 aromatic carbocycles. The van der Waals surface area contributed by atoms with Crippen LogP contribution in [-0.2, 0) is 9.53 Å². The van der Waals surface area contributed by atoms with E-state index in [1.165, 1.54) is 7.11 Å². The Balaban J connectivity index is 3.15. The van der Waals surface area contributed by atoms with E-state index >= 15 is 0 Å². The smallest absolute Gasteiger partial charge is 0.379 e. The van der Waals surface area contributed by atoms with Crippen LogP contribution in [0.1, 0.15) is 10.4 Å². The summed E-state index contributed by atoms with van der Waals surface area (Å²) in [5.41, 5.74) is -0.422. The van der Waals surface area contributed by atoms with Crippen LogP contribution in [0.4, 0.5) is 4.39 Å². The van der Waals surface area contributed by atoms with Crippen LogP contribution >= 0.6 is 0 Å². The summed E-state index contributed by atoms with van der Waals surface area (Å²) >= 11 is 0. The fourth-order valence-electron chi connectivity index (χ4n) is 0.945. The van der Waals surface area contributed by atoms with Crippen molar-refractivity contribution in [1.29, 1.82) is 0 Å². The van der Waals surface area contributed by atoms with Crippen molar-refractivity contribution in [3.63, 3.8) is 0 Å². The third-order valence-electron chi connectivity index (χ3n) is 1.67. The maximum absolute atomic E-state index is 13.4. The summed E-state index contributed by atoms with van der Waals surface area (Å²) in [6, 6.07) is 1.08. The number of aromatic nitrogens is 1. The van der Waals surface area contributed by atoms with E-state index in [9.17, 15) is 14.0 Å². The maximum Gasteiger partial charge on any atom is 0.379 e. The van der Waals surface area contributed by atoms with Gasteiger partial charge in [-0.25, -0.2) is 14.2 Å². The number of pyridine rings is 1. The summed E-state index contributed by atoms with van der Waals surface area (Å²) in [7, 11) is 2.24. The highest BCUT2D eigenvalue weighted by Gasteiger charge is 2.23. The second-order valence-corrected chi connectivity index (χ2v) is 2.50. The first-order valence-electron chi connectivity index (χ1n) is 3.93. The number of carbonyl (C=O) groups excluding carboxylic acids is 2. The minimum absolute atomic E-state index is 0.343. The second kappa shape index (κ2) is 4.50. The molecule has 15 heavy (non-hydrogen) atoms. The predicted octanol–water partition coefficient (Wildman–Crippen LogP) is 0.585. The molecule has 0 N–H and O–H groups in total. The highest BCUT2D eigenvalue weighted by molar-refractivity contribution is 6.40. The first-order valence-corrected chi connectivity index (χ1v) is 3.93. The fourth-order valence-corrected chi connectivity index (χ4v) is 0.945. The van der Waals surface area contributed by atoms with Gasteiger partial charge in [-0.2, -0.15) is 0 Å². The molecule has 0 atom stereocenters. The molecular formula is C9H8FNO4. The van der Waals surface area contributed by atoms with Gasteiger partial charge in [0.05, 0.1) is 19.8 Å². The van der Waals surface area contributed by atoms with Crippen molar-refractivity contribution in [2.75, 3.05) is 14.2 Å². The Hall–Kier alpha value is -1.98. The molecule has 6 heteroatoms. The van der Waals surface area contributed by atoms with Gasteiger partial charge in [-0.1, -0.05) is 0 Å². The quantitative estimate of drug-likeness (QED) is 0.417. The van der Waals surface area contributed by atoms with E-state index in [1.807, 2.05) is 0 Å². The second-order valence-electron chi connectivity index (χ2n) is 2.50. The van der Waals surface area contributed by atoms with Crippen molar-refractivity contribution < 1.29 is 23.5 Å². The lowest BCUT2D eigenvalue weighted by Gasteiger charge is -2.03. The zero-order chi connectivity index (χ0) is 11.4. The summed E-state index contributed by atoms with van der Waals surface area (Å²) in [4.78, 5) is 25.7. The van der Waals surface area contributed by atoms with Gasteiger partial charge in [0.2, 0.25) is 0 Å². The molecule has 1 heterocycles. The lowest BCUT2D eigenvalue weighted by Crippen LogP contribution is -2.17. The molecule has 0 saturated carbocycles. The molecule has 5 nitrogen and oxygen atoms in total. The van der Waals surface area contributed by atoms with Crippen LogP contribution in [0.3, 0.4) is 0 Å². The fraction of sp³-hybridized carbons (Fsp3) is 0.222. The van der Waals surface area contributed by atoms with E-state index in [2.05, 4.69) is 14.5 Å². The standard InChI is InChI=1S/C9H8FNO4/c1-14-8-6(10)5(3-4-11-8)7(12)9(13)15-2/h3-4H,1-2H3. The van der Waals surface area contributed by atoms with Gasteiger partial charge in [0.25, 0.3) is 11.7 Å². The number of halogens is 1. The first kappa shape index (κ1) is 11.1. The van der Waals surface area contributed by atoms with Crippen molar-refractivity contribution in [2.45, 2.75) is 0 Å². The summed E-state index contributed by atoms with van der Waals surface area (Å²) < 4.78 is 22.1. The van der Waals surface area contributed by atoms with Crippen LogP contribution < -0.4 is 4.74 Å². The monoisotopic (exact) mass is 213 g/mol. The minimum Gasteiger partial charge on any atom is -0.479 e. The van der Waals surface area contributed by atoms with Gasteiger partial charge in [0.15, 0.2) is 5.82 Å². The molecule has 0 amide bonds. The number of ether oxygens (including phenoxy) is 2. The number of hydrogen-bond acceptors (Lipinski definition) is 5. The lowest BCUT2D eigenvalue weighted by atomic mass is 10.1. The largest absolute Gasteiger partial charge is 0.479 e. The Morgan fingerprint density at radius 1 is 1.40 bits per heavy atom. The van der Waals surface area contributed by atoms with Gasteiger partial charge in [-0.05, 0) is 6.07 Å². The average molecular weight is 213 g/mol. The van der Waals surface area contributed by atoms with Gasteiger partial charge in [0.1, 0.15) is 0 Å². The molecule has 0 fully saturated rings. The summed E-state index contributed by atoms with van der Waals surface area (Å²) in [6.07, 6.45) is 1.16. The van der Waals surface area contributed by atoms with Gasteiger partial charge in [0, 0.05) is 6.20 Å². The van der Waals surface area contributed by atoms with Gasteiger partial charge >= 0.3 is 5.97 Å². The lowest BCUT2D eigenvalue weighted by molar-refractivity contribution is -0.135. The van der Waals surface area contributed by atoms with E-state index in [4.69, 9.17) is 0 Å². The van der Waals surface area contributed by atoms with Crippen molar-refractivity contribution in [1.82, 2.24) is 4.98 Å². The molecule has 0 radical (unpaired) electrons. The van der Waals surface area contributed by atoms with Crippen LogP contribution in [0.2, 0.25) is 0 Å². The Bertz CT molecular complexity index is 405. The van der Waals surface area contributed by atoms with Crippen molar-refractivity contribution in [3.05, 3.63) is 23.6 Å². The zero-order valence-electron chi connectivity index (χ0n) is 8.11. The maximum atomic E-state index is 13.4. The van der Waals surface area contributed by atoms with Crippen LogP contribution in [0.25, 0.3) is 0 Å². The van der Waals surface area contributed by atoms with E-state index in [1.54, 1.807) is 0 Å². The molecule has 0 bridgehead atoms. The minimum atomic E-state index is -1.14. The predicted molar refractivity (Wildman–Crippen MR) is 47.1 cm³/mol. The third kappa shape index (κ3) is 2.09. The van der Waals surface area contributed by atoms with Crippen molar-refractivity contribution in [2.24, 2.45) is 0 Å². The number of rotatable bonds is 3. The molecule has 1 rings (SSSR count). The number of methoxy groups -OCH3 is 2. The Morgan fingerprint density at radius 3 is 2.60 bits per heavy atom. The molecule has 80 valence electrons. The molecule has 0 spiro atoms. The number of hydrogen-bond donors (Lipinski definition) is 0. The number of nitrogens with zero attached hydrogens (tertiary/aromatic N) is 1. The first-order chi connectivity index (χ1) is 7.11. The molecule has 0 aliphatic carbocycles. The van der Waals surface area contributed by atoms with Gasteiger partial charge in [-0.3, -0.25) is 4.79 Å². The molecule has 0 saturated heterocycles. The molecule has 0 aliphatic rings. The summed E-state index contributed by atoms with van der Waals surface area (Å²) in [6.45, 7) is 0. The number of esters is 1. The normalized spacial score (nSPS) is 9.53. The number of ketones is 1. The summed E-state index contributed by atoms with van der Waals surface area (Å²) in [5, 5.41) is 0. The van der Waals surface area contributed by atoms with Crippen molar-refractivity contribution >= 4 is 11.8 Å². The van der Waals surface area contributed by atoms with Gasteiger partial charge in [-0.15, -0.1) is 0 Å². The Morgan fingerprint density at radius 2 is 2.07 bits per heavy atom. The summed E-state index contributed by atoms with van der Waals surface area (Å²) in [5.74, 6) is -3.53. The number of carbonyl (C=O) groups is 2. The SMILES string of the molecule is COC(=O)C(=O)c1ccnc(OC)c1F. The van der Waals surface area contributed by atoms with E-state index < -0.39 is 23.1 Å². The zero-order valence-corrected chi connectivity index (χ0v) is 8.11. The molecule has 0 unspecified atom stereocenters. The van der Waals surface area contributed by atoms with Crippen LogP contribution in [-0.4, -0.2) is 31.0 Å². The molecular weight excluding hydrogens is 205 g/mol. The van der Waals surface area contributed by atoms with Crippen molar-refractivity contribution in [3.8, 4) is 5.88 Å². The topological polar surface area (TPSA) is 65.5 Å².